The topological polar surface area (TPSA) is 75.4 Å². The molecule has 2 N–H and O–H groups in total. The van der Waals surface area contributed by atoms with E-state index in [1.54, 1.807) is 6.92 Å². The van der Waals surface area contributed by atoms with Gasteiger partial charge in [-0.25, -0.2) is 4.98 Å². The molecule has 1 rings (SSSR count). The second-order valence-electron chi connectivity index (χ2n) is 5.14. The summed E-state index contributed by atoms with van der Waals surface area (Å²) in [6, 6.07) is 0. The van der Waals surface area contributed by atoms with Crippen LogP contribution in [0.3, 0.4) is 0 Å². The van der Waals surface area contributed by atoms with Crippen molar-refractivity contribution in [2.75, 3.05) is 12.3 Å². The van der Waals surface area contributed by atoms with E-state index < -0.39 is 11.5 Å². The van der Waals surface area contributed by atoms with Crippen molar-refractivity contribution in [2.24, 2.45) is 0 Å². The molecular weight excluding hydrogens is 276 g/mol. The summed E-state index contributed by atoms with van der Waals surface area (Å²) in [4.78, 5) is 15.6. The number of nitrogens with one attached hydrogen (secondary N) is 1. The number of hydrogen-bond acceptors (Lipinski definition) is 5. The number of carbonyl (C=O) groups is 1. The Morgan fingerprint density at radius 1 is 1.50 bits per heavy atom. The van der Waals surface area contributed by atoms with Crippen LogP contribution in [0, 0.1) is 13.8 Å². The Balaban J connectivity index is 2.39. The fourth-order valence-electron chi connectivity index (χ4n) is 1.76. The van der Waals surface area contributed by atoms with Crippen molar-refractivity contribution in [2.45, 2.75) is 57.7 Å². The zero-order valence-electron chi connectivity index (χ0n) is 12.7. The lowest BCUT2D eigenvalue weighted by Crippen LogP contribution is -2.49. The molecule has 0 aliphatic heterocycles. The molecule has 0 fully saturated rings. The lowest BCUT2D eigenvalue weighted by Gasteiger charge is -2.26. The van der Waals surface area contributed by atoms with Crippen LogP contribution in [-0.4, -0.2) is 33.9 Å². The van der Waals surface area contributed by atoms with Crippen molar-refractivity contribution >= 4 is 17.7 Å². The van der Waals surface area contributed by atoms with Crippen molar-refractivity contribution in [3.8, 4) is 0 Å². The summed E-state index contributed by atoms with van der Waals surface area (Å²) in [5, 5.41) is 13.1. The summed E-state index contributed by atoms with van der Waals surface area (Å²) < 4.78 is 5.48. The van der Waals surface area contributed by atoms with Crippen LogP contribution in [0.5, 0.6) is 0 Å². The molecule has 0 aromatic carbocycles. The highest BCUT2D eigenvalue weighted by Gasteiger charge is 2.31. The molecular formula is C14H24N2O3S. The SMILES string of the molecule is CCCNC(C)(CCCSc1nc(C)c(C)o1)C(=O)O. The van der Waals surface area contributed by atoms with Gasteiger partial charge in [0, 0.05) is 5.75 Å². The van der Waals surface area contributed by atoms with E-state index in [1.807, 2.05) is 20.8 Å². The van der Waals surface area contributed by atoms with Gasteiger partial charge in [-0.1, -0.05) is 18.7 Å². The first kappa shape index (κ1) is 17.0. The number of rotatable bonds is 9. The minimum atomic E-state index is -0.848. The smallest absolute Gasteiger partial charge is 0.323 e. The molecule has 0 saturated carbocycles. The first-order valence-electron chi connectivity index (χ1n) is 6.94. The first-order chi connectivity index (χ1) is 9.39. The third-order valence-corrected chi connectivity index (χ3v) is 4.21. The number of aromatic nitrogens is 1. The maximum absolute atomic E-state index is 11.3. The summed E-state index contributed by atoms with van der Waals surface area (Å²) in [5.74, 6) is 0.849. The second-order valence-corrected chi connectivity index (χ2v) is 6.18. The number of nitrogens with zero attached hydrogens (tertiary/aromatic N) is 1. The number of thioether (sulfide) groups is 1. The van der Waals surface area contributed by atoms with E-state index in [2.05, 4.69) is 10.3 Å². The standard InChI is InChI=1S/C14H24N2O3S/c1-5-8-15-14(4,12(17)18)7-6-9-20-13-16-10(2)11(3)19-13/h15H,5-9H2,1-4H3,(H,17,18). The minimum absolute atomic E-state index is 0.591. The highest BCUT2D eigenvalue weighted by atomic mass is 32.2. The summed E-state index contributed by atoms with van der Waals surface area (Å²) in [7, 11) is 0. The molecule has 0 saturated heterocycles. The third-order valence-electron chi connectivity index (χ3n) is 3.29. The van der Waals surface area contributed by atoms with Crippen LogP contribution in [0.25, 0.3) is 0 Å². The van der Waals surface area contributed by atoms with Crippen molar-refractivity contribution in [3.05, 3.63) is 11.5 Å². The average molecular weight is 300 g/mol. The number of aliphatic carboxylic acids is 1. The highest BCUT2D eigenvalue weighted by Crippen LogP contribution is 2.23. The predicted octanol–water partition coefficient (Wildman–Crippen LogP) is 3.01. The Morgan fingerprint density at radius 2 is 2.20 bits per heavy atom. The van der Waals surface area contributed by atoms with E-state index in [4.69, 9.17) is 4.42 Å². The van der Waals surface area contributed by atoms with Gasteiger partial charge in [-0.15, -0.1) is 0 Å². The number of aryl methyl sites for hydroxylation is 2. The number of carboxylic acids is 1. The number of oxazole rings is 1. The Hall–Kier alpha value is -1.01. The van der Waals surface area contributed by atoms with Crippen LogP contribution < -0.4 is 5.32 Å². The zero-order chi connectivity index (χ0) is 15.2. The third kappa shape index (κ3) is 4.83. The molecule has 0 radical (unpaired) electrons. The molecule has 0 aliphatic carbocycles. The van der Waals surface area contributed by atoms with Gasteiger partial charge in [0.1, 0.15) is 11.3 Å². The van der Waals surface area contributed by atoms with E-state index in [-0.39, 0.29) is 0 Å². The summed E-state index contributed by atoms with van der Waals surface area (Å²) in [6.07, 6.45) is 2.31. The molecule has 1 unspecified atom stereocenters. The number of hydrogen-bond donors (Lipinski definition) is 2. The maximum Gasteiger partial charge on any atom is 0.323 e. The van der Waals surface area contributed by atoms with Crippen molar-refractivity contribution in [1.29, 1.82) is 0 Å². The Kier molecular flexibility index (Phi) is 6.55. The molecule has 1 heterocycles. The Bertz CT molecular complexity index is 428. The van der Waals surface area contributed by atoms with Crippen LogP contribution in [0.1, 0.15) is 44.6 Å². The van der Waals surface area contributed by atoms with Gasteiger partial charge in [0.15, 0.2) is 0 Å². The van der Waals surface area contributed by atoms with Crippen molar-refractivity contribution in [3.63, 3.8) is 0 Å². The largest absolute Gasteiger partial charge is 0.480 e. The van der Waals surface area contributed by atoms with Gasteiger partial charge in [0.25, 0.3) is 5.22 Å². The van der Waals surface area contributed by atoms with Gasteiger partial charge in [-0.05, 0) is 46.6 Å². The molecule has 0 amide bonds. The monoisotopic (exact) mass is 300 g/mol. The quantitative estimate of drug-likeness (QED) is 0.539. The molecule has 20 heavy (non-hydrogen) atoms. The van der Waals surface area contributed by atoms with E-state index in [0.29, 0.717) is 18.2 Å². The van der Waals surface area contributed by atoms with Crippen LogP contribution in [0.15, 0.2) is 9.64 Å². The zero-order valence-corrected chi connectivity index (χ0v) is 13.5. The molecule has 6 heteroatoms. The highest BCUT2D eigenvalue weighted by molar-refractivity contribution is 7.99. The van der Waals surface area contributed by atoms with Gasteiger partial charge in [0.05, 0.1) is 5.69 Å². The molecule has 0 bridgehead atoms. The normalized spacial score (nSPS) is 14.2. The van der Waals surface area contributed by atoms with Gasteiger partial charge in [-0.3, -0.25) is 4.79 Å². The van der Waals surface area contributed by atoms with Crippen molar-refractivity contribution < 1.29 is 14.3 Å². The van der Waals surface area contributed by atoms with Crippen molar-refractivity contribution in [1.82, 2.24) is 10.3 Å². The molecule has 114 valence electrons. The lowest BCUT2D eigenvalue weighted by atomic mass is 9.96. The fourth-order valence-corrected chi connectivity index (χ4v) is 2.61. The van der Waals surface area contributed by atoms with E-state index in [9.17, 15) is 9.90 Å². The fraction of sp³-hybridized carbons (Fsp3) is 0.714. The first-order valence-corrected chi connectivity index (χ1v) is 7.93. The molecule has 5 nitrogen and oxygen atoms in total. The predicted molar refractivity (Wildman–Crippen MR) is 80.3 cm³/mol. The van der Waals surface area contributed by atoms with Crippen LogP contribution >= 0.6 is 11.8 Å². The number of carboxylic acid groups (broad SMARTS) is 1. The van der Waals surface area contributed by atoms with Crippen LogP contribution in [-0.2, 0) is 4.79 Å². The molecule has 1 aromatic heterocycles. The van der Waals surface area contributed by atoms with E-state index >= 15 is 0 Å². The minimum Gasteiger partial charge on any atom is -0.480 e. The van der Waals surface area contributed by atoms with Crippen LogP contribution in [0.4, 0.5) is 0 Å². The molecule has 0 aliphatic rings. The molecule has 0 spiro atoms. The maximum atomic E-state index is 11.3. The summed E-state index contributed by atoms with van der Waals surface area (Å²) >= 11 is 1.53. The molecule has 1 aromatic rings. The van der Waals surface area contributed by atoms with Gasteiger partial charge in [0.2, 0.25) is 0 Å². The summed E-state index contributed by atoms with van der Waals surface area (Å²) in [5.41, 5.74) is 0.0615. The van der Waals surface area contributed by atoms with E-state index in [0.717, 1.165) is 30.0 Å². The van der Waals surface area contributed by atoms with Gasteiger partial charge < -0.3 is 14.8 Å². The lowest BCUT2D eigenvalue weighted by molar-refractivity contribution is -0.144. The molecule has 1 atom stereocenters. The van der Waals surface area contributed by atoms with E-state index in [1.165, 1.54) is 11.8 Å². The Labute approximate surface area is 124 Å². The van der Waals surface area contributed by atoms with Crippen LogP contribution in [0.2, 0.25) is 0 Å². The second kappa shape index (κ2) is 7.69. The van der Waals surface area contributed by atoms with Gasteiger partial charge in [-0.2, -0.15) is 0 Å². The average Bonchev–Trinajstić information content (AvgIpc) is 2.71. The summed E-state index contributed by atoms with van der Waals surface area (Å²) in [6.45, 7) is 8.29. The Morgan fingerprint density at radius 3 is 2.70 bits per heavy atom. The van der Waals surface area contributed by atoms with Gasteiger partial charge >= 0.3 is 5.97 Å².